The second-order valence-corrected chi connectivity index (χ2v) is 7.33. The molecule has 0 bridgehead atoms. The molecule has 2 heterocycles. The van der Waals surface area contributed by atoms with Crippen LogP contribution >= 0.6 is 15.9 Å². The summed E-state index contributed by atoms with van der Waals surface area (Å²) >= 11 is 3.48. The molecular formula is C16H25BrN2O. The molecule has 2 rings (SSSR count). The summed E-state index contributed by atoms with van der Waals surface area (Å²) in [7, 11) is 0. The lowest BCUT2D eigenvalue weighted by Gasteiger charge is -2.34. The van der Waals surface area contributed by atoms with Gasteiger partial charge in [-0.1, -0.05) is 13.8 Å². The van der Waals surface area contributed by atoms with E-state index in [-0.39, 0.29) is 5.91 Å². The molecule has 0 unspecified atom stereocenters. The molecule has 20 heavy (non-hydrogen) atoms. The highest BCUT2D eigenvalue weighted by Gasteiger charge is 2.27. The van der Waals surface area contributed by atoms with Crippen LogP contribution in [0.3, 0.4) is 0 Å². The summed E-state index contributed by atoms with van der Waals surface area (Å²) in [4.78, 5) is 14.7. The van der Waals surface area contributed by atoms with Crippen LogP contribution in [0.2, 0.25) is 0 Å². The predicted molar refractivity (Wildman–Crippen MR) is 86.0 cm³/mol. The van der Waals surface area contributed by atoms with E-state index in [1.165, 1.54) is 0 Å². The zero-order valence-corrected chi connectivity index (χ0v) is 14.5. The molecule has 1 aliphatic heterocycles. The Balaban J connectivity index is 2.09. The number of nitrogens with zero attached hydrogens (tertiary/aromatic N) is 2. The normalized spacial score (nSPS) is 17.2. The SMILES string of the molecule is CC(C)C1CCN(C(=O)c2cc(Br)cn2C(C)C)CC1. The second-order valence-electron chi connectivity index (χ2n) is 6.42. The smallest absolute Gasteiger partial charge is 0.270 e. The molecule has 1 aliphatic rings. The second kappa shape index (κ2) is 6.33. The average Bonchev–Trinajstić information content (AvgIpc) is 2.80. The van der Waals surface area contributed by atoms with Gasteiger partial charge in [0.25, 0.3) is 5.91 Å². The molecule has 1 fully saturated rings. The van der Waals surface area contributed by atoms with E-state index in [9.17, 15) is 4.79 Å². The van der Waals surface area contributed by atoms with Gasteiger partial charge in [-0.25, -0.2) is 0 Å². The topological polar surface area (TPSA) is 25.2 Å². The highest BCUT2D eigenvalue weighted by atomic mass is 79.9. The quantitative estimate of drug-likeness (QED) is 0.803. The van der Waals surface area contributed by atoms with E-state index < -0.39 is 0 Å². The van der Waals surface area contributed by atoms with Gasteiger partial charge in [0.2, 0.25) is 0 Å². The minimum absolute atomic E-state index is 0.173. The summed E-state index contributed by atoms with van der Waals surface area (Å²) in [6, 6.07) is 2.24. The van der Waals surface area contributed by atoms with Crippen molar-refractivity contribution >= 4 is 21.8 Å². The predicted octanol–water partition coefficient (Wildman–Crippen LogP) is 4.34. The molecule has 0 aliphatic carbocycles. The number of amides is 1. The first-order valence-electron chi connectivity index (χ1n) is 7.56. The van der Waals surface area contributed by atoms with E-state index in [1.54, 1.807) is 0 Å². The lowest BCUT2D eigenvalue weighted by Crippen LogP contribution is -2.40. The van der Waals surface area contributed by atoms with Crippen LogP contribution in [0.1, 0.15) is 57.1 Å². The molecule has 0 atom stereocenters. The lowest BCUT2D eigenvalue weighted by molar-refractivity contribution is 0.0655. The third-order valence-electron chi connectivity index (χ3n) is 4.36. The van der Waals surface area contributed by atoms with Gasteiger partial charge in [0.05, 0.1) is 0 Å². The van der Waals surface area contributed by atoms with E-state index in [0.29, 0.717) is 6.04 Å². The summed E-state index contributed by atoms with van der Waals surface area (Å²) < 4.78 is 3.03. The van der Waals surface area contributed by atoms with Crippen LogP contribution in [-0.4, -0.2) is 28.5 Å². The van der Waals surface area contributed by atoms with Gasteiger partial charge in [0, 0.05) is 29.8 Å². The average molecular weight is 341 g/mol. The largest absolute Gasteiger partial charge is 0.340 e. The molecule has 0 radical (unpaired) electrons. The van der Waals surface area contributed by atoms with Gasteiger partial charge in [0.1, 0.15) is 5.69 Å². The first-order chi connectivity index (χ1) is 9.40. The fourth-order valence-electron chi connectivity index (χ4n) is 2.98. The zero-order chi connectivity index (χ0) is 14.9. The van der Waals surface area contributed by atoms with Crippen molar-refractivity contribution in [3.05, 3.63) is 22.4 Å². The maximum absolute atomic E-state index is 12.7. The summed E-state index contributed by atoms with van der Waals surface area (Å²) in [5.41, 5.74) is 0.801. The van der Waals surface area contributed by atoms with Crippen LogP contribution in [0, 0.1) is 11.8 Å². The number of carbonyl (C=O) groups is 1. The molecule has 1 saturated heterocycles. The Hall–Kier alpha value is -0.770. The molecule has 0 saturated carbocycles. The zero-order valence-electron chi connectivity index (χ0n) is 12.9. The van der Waals surface area contributed by atoms with Gasteiger partial charge in [-0.15, -0.1) is 0 Å². The maximum Gasteiger partial charge on any atom is 0.270 e. The van der Waals surface area contributed by atoms with Crippen molar-refractivity contribution in [1.82, 2.24) is 9.47 Å². The molecule has 3 nitrogen and oxygen atoms in total. The summed E-state index contributed by atoms with van der Waals surface area (Å²) in [6.07, 6.45) is 4.26. The lowest BCUT2D eigenvalue weighted by atomic mass is 9.86. The number of likely N-dealkylation sites (tertiary alicyclic amines) is 1. The van der Waals surface area contributed by atoms with Crippen molar-refractivity contribution in [3.63, 3.8) is 0 Å². The number of piperidine rings is 1. The van der Waals surface area contributed by atoms with Crippen molar-refractivity contribution in [2.75, 3.05) is 13.1 Å². The summed E-state index contributed by atoms with van der Waals surface area (Å²) in [6.45, 7) is 10.6. The first kappa shape index (κ1) is 15.6. The highest BCUT2D eigenvalue weighted by molar-refractivity contribution is 9.10. The number of hydrogen-bond acceptors (Lipinski definition) is 1. The van der Waals surface area contributed by atoms with Crippen LogP contribution < -0.4 is 0 Å². The van der Waals surface area contributed by atoms with Gasteiger partial charge in [-0.05, 0) is 60.5 Å². The number of hydrogen-bond donors (Lipinski definition) is 0. The molecule has 4 heteroatoms. The van der Waals surface area contributed by atoms with Crippen molar-refractivity contribution in [2.24, 2.45) is 11.8 Å². The number of rotatable bonds is 3. The van der Waals surface area contributed by atoms with Crippen molar-refractivity contribution in [2.45, 2.75) is 46.6 Å². The fraction of sp³-hybridized carbons (Fsp3) is 0.688. The fourth-order valence-corrected chi connectivity index (χ4v) is 3.41. The first-order valence-corrected chi connectivity index (χ1v) is 8.36. The molecular weight excluding hydrogens is 316 g/mol. The van der Waals surface area contributed by atoms with E-state index in [4.69, 9.17) is 0 Å². The molecule has 1 aromatic heterocycles. The Bertz CT molecular complexity index is 471. The Kier molecular flexibility index (Phi) is 4.95. The molecule has 0 aromatic carbocycles. The Morgan fingerprint density at radius 2 is 1.85 bits per heavy atom. The minimum Gasteiger partial charge on any atom is -0.340 e. The van der Waals surface area contributed by atoms with Crippen LogP contribution in [0.25, 0.3) is 0 Å². The van der Waals surface area contributed by atoms with Gasteiger partial charge in [-0.3, -0.25) is 4.79 Å². The van der Waals surface area contributed by atoms with E-state index in [2.05, 4.69) is 48.2 Å². The summed E-state index contributed by atoms with van der Waals surface area (Å²) in [5, 5.41) is 0. The maximum atomic E-state index is 12.7. The summed E-state index contributed by atoms with van der Waals surface area (Å²) in [5.74, 6) is 1.66. The van der Waals surface area contributed by atoms with E-state index in [1.807, 2.05) is 17.2 Å². The van der Waals surface area contributed by atoms with Crippen LogP contribution in [0.5, 0.6) is 0 Å². The number of carbonyl (C=O) groups excluding carboxylic acids is 1. The molecule has 0 spiro atoms. The molecule has 1 aromatic rings. The van der Waals surface area contributed by atoms with E-state index in [0.717, 1.165) is 47.9 Å². The molecule has 1 amide bonds. The Morgan fingerprint density at radius 3 is 2.35 bits per heavy atom. The van der Waals surface area contributed by atoms with Crippen molar-refractivity contribution < 1.29 is 4.79 Å². The standard InChI is InChI=1S/C16H25BrN2O/c1-11(2)13-5-7-18(8-6-13)16(20)15-9-14(17)10-19(15)12(3)4/h9-13H,5-8H2,1-4H3. The number of halogens is 1. The van der Waals surface area contributed by atoms with Crippen LogP contribution in [-0.2, 0) is 0 Å². The van der Waals surface area contributed by atoms with Crippen LogP contribution in [0.15, 0.2) is 16.7 Å². The monoisotopic (exact) mass is 340 g/mol. The molecule has 112 valence electrons. The van der Waals surface area contributed by atoms with Gasteiger partial charge < -0.3 is 9.47 Å². The van der Waals surface area contributed by atoms with Gasteiger partial charge in [0.15, 0.2) is 0 Å². The Labute approximate surface area is 130 Å². The number of aromatic nitrogens is 1. The third kappa shape index (κ3) is 3.27. The van der Waals surface area contributed by atoms with E-state index >= 15 is 0 Å². The van der Waals surface area contributed by atoms with Gasteiger partial charge >= 0.3 is 0 Å². The van der Waals surface area contributed by atoms with Crippen molar-refractivity contribution in [1.29, 1.82) is 0 Å². The highest BCUT2D eigenvalue weighted by Crippen LogP contribution is 2.27. The van der Waals surface area contributed by atoms with Crippen molar-refractivity contribution in [3.8, 4) is 0 Å². The minimum atomic E-state index is 0.173. The van der Waals surface area contributed by atoms with Gasteiger partial charge in [-0.2, -0.15) is 0 Å². The van der Waals surface area contributed by atoms with Crippen LogP contribution in [0.4, 0.5) is 0 Å². The Morgan fingerprint density at radius 1 is 1.25 bits per heavy atom. The molecule has 0 N–H and O–H groups in total. The third-order valence-corrected chi connectivity index (χ3v) is 4.79.